The first-order chi connectivity index (χ1) is 10.2. The van der Waals surface area contributed by atoms with E-state index >= 15 is 0 Å². The summed E-state index contributed by atoms with van der Waals surface area (Å²) in [5.74, 6) is 1.61. The van der Waals surface area contributed by atoms with Crippen LogP contribution in [-0.2, 0) is 0 Å². The number of nitrogens with zero attached hydrogens (tertiary/aromatic N) is 2. The van der Waals surface area contributed by atoms with Crippen molar-refractivity contribution in [3.05, 3.63) is 29.0 Å². The molecule has 7 heteroatoms. The van der Waals surface area contributed by atoms with Gasteiger partial charge in [0.1, 0.15) is 17.8 Å². The van der Waals surface area contributed by atoms with E-state index < -0.39 is 0 Å². The Bertz CT molecular complexity index is 622. The summed E-state index contributed by atoms with van der Waals surface area (Å²) in [6.07, 6.45) is 2.30. The second kappa shape index (κ2) is 7.12. The topological polar surface area (TPSA) is 82.3 Å². The van der Waals surface area contributed by atoms with Crippen LogP contribution in [0.25, 0.3) is 0 Å². The molecule has 1 aromatic carbocycles. The van der Waals surface area contributed by atoms with Gasteiger partial charge in [0.15, 0.2) is 5.82 Å². The Labute approximate surface area is 131 Å². The van der Waals surface area contributed by atoms with Crippen LogP contribution in [0.1, 0.15) is 13.3 Å². The first-order valence-electron chi connectivity index (χ1n) is 6.49. The number of benzene rings is 1. The third kappa shape index (κ3) is 3.75. The van der Waals surface area contributed by atoms with Crippen molar-refractivity contribution in [3.63, 3.8) is 0 Å². The first kappa shape index (κ1) is 15.4. The summed E-state index contributed by atoms with van der Waals surface area (Å²) in [4.78, 5) is 8.19. The Hall–Kier alpha value is -2.02. The average Bonchev–Trinajstić information content (AvgIpc) is 2.50. The molecule has 112 valence electrons. The average molecular weight is 353 g/mol. The molecule has 0 saturated heterocycles. The SMILES string of the molecule is CCCOc1ncnc(Nc2cc(OC)ccc2Br)c1N. The minimum atomic E-state index is 0.376. The maximum atomic E-state index is 6.03. The molecule has 2 aromatic rings. The molecule has 0 spiro atoms. The van der Waals surface area contributed by atoms with Crippen LogP contribution in [-0.4, -0.2) is 23.7 Å². The molecule has 0 saturated carbocycles. The van der Waals surface area contributed by atoms with Gasteiger partial charge in [0.25, 0.3) is 0 Å². The predicted octanol–water partition coefficient (Wildman–Crippen LogP) is 3.36. The van der Waals surface area contributed by atoms with Gasteiger partial charge < -0.3 is 20.5 Å². The number of ether oxygens (including phenoxy) is 2. The normalized spacial score (nSPS) is 10.2. The molecule has 1 aromatic heterocycles. The second-order valence-corrected chi connectivity index (χ2v) is 5.11. The standard InChI is InChI=1S/C14H17BrN4O2/c1-3-6-21-14-12(16)13(17-8-18-14)19-11-7-9(20-2)4-5-10(11)15/h4-5,7-8H,3,6,16H2,1-2H3,(H,17,18,19). The lowest BCUT2D eigenvalue weighted by molar-refractivity contribution is 0.307. The van der Waals surface area contributed by atoms with Crippen LogP contribution < -0.4 is 20.5 Å². The molecule has 0 atom stereocenters. The van der Waals surface area contributed by atoms with Gasteiger partial charge in [-0.2, -0.15) is 4.98 Å². The van der Waals surface area contributed by atoms with E-state index in [9.17, 15) is 0 Å². The largest absolute Gasteiger partial charge is 0.497 e. The number of aromatic nitrogens is 2. The molecule has 0 amide bonds. The van der Waals surface area contributed by atoms with Gasteiger partial charge in [-0.3, -0.25) is 0 Å². The van der Waals surface area contributed by atoms with Crippen molar-refractivity contribution in [1.29, 1.82) is 0 Å². The van der Waals surface area contributed by atoms with E-state index in [-0.39, 0.29) is 0 Å². The lowest BCUT2D eigenvalue weighted by Gasteiger charge is -2.13. The van der Waals surface area contributed by atoms with E-state index in [1.54, 1.807) is 7.11 Å². The smallest absolute Gasteiger partial charge is 0.242 e. The van der Waals surface area contributed by atoms with Crippen molar-refractivity contribution in [2.75, 3.05) is 24.8 Å². The summed E-state index contributed by atoms with van der Waals surface area (Å²) in [6.45, 7) is 2.58. The third-order valence-corrected chi connectivity index (χ3v) is 3.41. The minimum absolute atomic E-state index is 0.376. The van der Waals surface area contributed by atoms with Crippen LogP contribution in [0.2, 0.25) is 0 Å². The first-order valence-corrected chi connectivity index (χ1v) is 7.28. The maximum absolute atomic E-state index is 6.03. The fourth-order valence-electron chi connectivity index (χ4n) is 1.65. The number of nitrogen functional groups attached to an aromatic ring is 1. The molecule has 0 fully saturated rings. The molecule has 0 radical (unpaired) electrons. The number of hydrogen-bond acceptors (Lipinski definition) is 6. The van der Waals surface area contributed by atoms with Gasteiger partial charge in [-0.1, -0.05) is 6.92 Å². The monoisotopic (exact) mass is 352 g/mol. The lowest BCUT2D eigenvalue weighted by atomic mass is 10.3. The molecular weight excluding hydrogens is 336 g/mol. The van der Waals surface area contributed by atoms with E-state index in [1.807, 2.05) is 25.1 Å². The highest BCUT2D eigenvalue weighted by Crippen LogP contribution is 2.33. The molecule has 0 aliphatic heterocycles. The highest BCUT2D eigenvalue weighted by Gasteiger charge is 2.11. The molecule has 0 aliphatic carbocycles. The van der Waals surface area contributed by atoms with Gasteiger partial charge in [0.05, 0.1) is 19.4 Å². The van der Waals surface area contributed by atoms with Gasteiger partial charge in [0, 0.05) is 10.5 Å². The summed E-state index contributed by atoms with van der Waals surface area (Å²) in [7, 11) is 1.61. The van der Waals surface area contributed by atoms with Crippen molar-refractivity contribution in [2.24, 2.45) is 0 Å². The number of anilines is 3. The summed E-state index contributed by atoms with van der Waals surface area (Å²) in [5, 5.41) is 3.15. The van der Waals surface area contributed by atoms with Crippen LogP contribution in [0.5, 0.6) is 11.6 Å². The maximum Gasteiger partial charge on any atom is 0.242 e. The zero-order chi connectivity index (χ0) is 15.2. The number of halogens is 1. The van der Waals surface area contributed by atoms with Crippen molar-refractivity contribution in [2.45, 2.75) is 13.3 Å². The summed E-state index contributed by atoms with van der Waals surface area (Å²) in [5.41, 5.74) is 7.20. The molecule has 1 heterocycles. The van der Waals surface area contributed by atoms with Crippen molar-refractivity contribution in [3.8, 4) is 11.6 Å². The van der Waals surface area contributed by atoms with E-state index in [0.717, 1.165) is 22.3 Å². The van der Waals surface area contributed by atoms with Crippen molar-refractivity contribution < 1.29 is 9.47 Å². The Morgan fingerprint density at radius 2 is 2.14 bits per heavy atom. The fraction of sp³-hybridized carbons (Fsp3) is 0.286. The van der Waals surface area contributed by atoms with Gasteiger partial charge in [-0.25, -0.2) is 4.98 Å². The molecule has 0 bridgehead atoms. The van der Waals surface area contributed by atoms with Gasteiger partial charge in [0.2, 0.25) is 5.88 Å². The Balaban J connectivity index is 2.27. The third-order valence-electron chi connectivity index (χ3n) is 2.72. The van der Waals surface area contributed by atoms with Crippen molar-refractivity contribution in [1.82, 2.24) is 9.97 Å². The van der Waals surface area contributed by atoms with Gasteiger partial charge >= 0.3 is 0 Å². The van der Waals surface area contributed by atoms with Crippen LogP contribution >= 0.6 is 15.9 Å². The van der Waals surface area contributed by atoms with Crippen LogP contribution in [0.15, 0.2) is 29.0 Å². The molecule has 6 nitrogen and oxygen atoms in total. The predicted molar refractivity (Wildman–Crippen MR) is 86.2 cm³/mol. The Morgan fingerprint density at radius 1 is 1.33 bits per heavy atom. The van der Waals surface area contributed by atoms with Gasteiger partial charge in [-0.05, 0) is 34.5 Å². The number of nitrogens with one attached hydrogen (secondary N) is 1. The number of rotatable bonds is 6. The number of nitrogens with two attached hydrogens (primary N) is 1. The molecule has 3 N–H and O–H groups in total. The summed E-state index contributed by atoms with van der Waals surface area (Å²) < 4.78 is 11.6. The highest BCUT2D eigenvalue weighted by molar-refractivity contribution is 9.10. The van der Waals surface area contributed by atoms with Crippen molar-refractivity contribution >= 4 is 33.1 Å². The van der Waals surface area contributed by atoms with Gasteiger partial charge in [-0.15, -0.1) is 0 Å². The molecule has 0 unspecified atom stereocenters. The Morgan fingerprint density at radius 3 is 2.86 bits per heavy atom. The number of methoxy groups -OCH3 is 1. The van der Waals surface area contributed by atoms with E-state index in [1.165, 1.54) is 6.33 Å². The zero-order valence-electron chi connectivity index (χ0n) is 11.9. The molecule has 21 heavy (non-hydrogen) atoms. The fourth-order valence-corrected chi connectivity index (χ4v) is 1.99. The van der Waals surface area contributed by atoms with E-state index in [4.69, 9.17) is 15.2 Å². The lowest BCUT2D eigenvalue weighted by Crippen LogP contribution is -2.06. The minimum Gasteiger partial charge on any atom is -0.497 e. The summed E-state index contributed by atoms with van der Waals surface area (Å²) in [6, 6.07) is 5.58. The summed E-state index contributed by atoms with van der Waals surface area (Å²) >= 11 is 3.47. The highest BCUT2D eigenvalue weighted by atomic mass is 79.9. The van der Waals surface area contributed by atoms with E-state index in [0.29, 0.717) is 24.0 Å². The van der Waals surface area contributed by atoms with Crippen LogP contribution in [0, 0.1) is 0 Å². The second-order valence-electron chi connectivity index (χ2n) is 4.26. The van der Waals surface area contributed by atoms with Crippen LogP contribution in [0.4, 0.5) is 17.2 Å². The molecule has 0 aliphatic rings. The Kier molecular flexibility index (Phi) is 5.21. The molecular formula is C14H17BrN4O2. The molecule has 2 rings (SSSR count). The zero-order valence-corrected chi connectivity index (χ0v) is 13.5. The van der Waals surface area contributed by atoms with Crippen LogP contribution in [0.3, 0.4) is 0 Å². The quantitative estimate of drug-likeness (QED) is 0.829. The number of hydrogen-bond donors (Lipinski definition) is 2. The van der Waals surface area contributed by atoms with E-state index in [2.05, 4.69) is 31.2 Å².